The van der Waals surface area contributed by atoms with Gasteiger partial charge in [0, 0.05) is 11.1 Å². The molecule has 0 N–H and O–H groups in total. The molecular weight excluding hydrogens is 258 g/mol. The summed E-state index contributed by atoms with van der Waals surface area (Å²) < 4.78 is 25.3. The van der Waals surface area contributed by atoms with E-state index in [1.165, 1.54) is 12.1 Å². The van der Waals surface area contributed by atoms with Crippen molar-refractivity contribution < 1.29 is 8.78 Å². The minimum absolute atomic E-state index is 0.146. The smallest absolute Gasteiger partial charge is 0.127 e. The fraction of sp³-hybridized carbons (Fsp3) is 0.125. The second kappa shape index (κ2) is 8.39. The maximum atomic E-state index is 12.6. The zero-order valence-electron chi connectivity index (χ0n) is 10.7. The van der Waals surface area contributed by atoms with Crippen LogP contribution in [-0.4, -0.2) is 0 Å². The van der Waals surface area contributed by atoms with Gasteiger partial charge in [0.2, 0.25) is 0 Å². The van der Waals surface area contributed by atoms with E-state index in [0.29, 0.717) is 11.1 Å². The molecule has 0 unspecified atom stereocenters. The molecule has 2 aromatic rings. The van der Waals surface area contributed by atoms with E-state index in [1.54, 1.807) is 36.4 Å². The van der Waals surface area contributed by atoms with Crippen molar-refractivity contribution in [3.8, 4) is 12.1 Å². The van der Waals surface area contributed by atoms with Crippen molar-refractivity contribution >= 4 is 0 Å². The van der Waals surface area contributed by atoms with Crippen LogP contribution in [0.2, 0.25) is 0 Å². The van der Waals surface area contributed by atoms with Gasteiger partial charge in [-0.15, -0.1) is 0 Å². The number of halogens is 2. The predicted octanol–water partition coefficient (Wildman–Crippen LogP) is 3.78. The normalized spacial score (nSPS) is 8.80. The number of rotatable bonds is 2. The van der Waals surface area contributed by atoms with E-state index >= 15 is 0 Å². The monoisotopic (exact) mass is 270 g/mol. The molecule has 0 heterocycles. The highest BCUT2D eigenvalue weighted by atomic mass is 19.1. The quantitative estimate of drug-likeness (QED) is 0.833. The summed E-state index contributed by atoms with van der Waals surface area (Å²) in [7, 11) is 0. The Morgan fingerprint density at radius 2 is 1.05 bits per heavy atom. The molecular formula is C16H12F2N2. The molecule has 2 rings (SSSR count). The van der Waals surface area contributed by atoms with Gasteiger partial charge in [-0.1, -0.05) is 36.4 Å². The second-order valence-corrected chi connectivity index (χ2v) is 3.85. The standard InChI is InChI=1S/2C8H6FN/c2*9-8-4-2-1-3-7(8)5-6-10/h2*1-4H,5H2. The molecule has 20 heavy (non-hydrogen) atoms. The van der Waals surface area contributed by atoms with Crippen molar-refractivity contribution in [2.24, 2.45) is 0 Å². The van der Waals surface area contributed by atoms with Crippen molar-refractivity contribution in [1.29, 1.82) is 10.5 Å². The minimum atomic E-state index is -0.302. The van der Waals surface area contributed by atoms with E-state index in [1.807, 2.05) is 12.1 Å². The molecule has 0 saturated carbocycles. The summed E-state index contributed by atoms with van der Waals surface area (Å²) >= 11 is 0. The van der Waals surface area contributed by atoms with Crippen LogP contribution < -0.4 is 0 Å². The number of nitrogens with zero attached hydrogens (tertiary/aromatic N) is 2. The number of hydrogen-bond donors (Lipinski definition) is 0. The topological polar surface area (TPSA) is 47.6 Å². The van der Waals surface area contributed by atoms with Gasteiger partial charge in [0.1, 0.15) is 11.6 Å². The average molecular weight is 270 g/mol. The summed E-state index contributed by atoms with van der Waals surface area (Å²) in [6, 6.07) is 16.3. The predicted molar refractivity (Wildman–Crippen MR) is 71.4 cm³/mol. The van der Waals surface area contributed by atoms with Crippen LogP contribution in [0.3, 0.4) is 0 Å². The lowest BCUT2D eigenvalue weighted by Crippen LogP contribution is -1.85. The lowest BCUT2D eigenvalue weighted by Gasteiger charge is -1.93. The largest absolute Gasteiger partial charge is 0.207 e. The van der Waals surface area contributed by atoms with Crippen LogP contribution in [0.5, 0.6) is 0 Å². The highest BCUT2D eigenvalue weighted by Crippen LogP contribution is 2.06. The van der Waals surface area contributed by atoms with E-state index in [9.17, 15) is 8.78 Å². The Bertz CT molecular complexity index is 582. The Kier molecular flexibility index (Phi) is 6.44. The molecule has 0 saturated heterocycles. The van der Waals surface area contributed by atoms with E-state index < -0.39 is 0 Å². The maximum absolute atomic E-state index is 12.6. The summed E-state index contributed by atoms with van der Waals surface area (Å²) in [6.07, 6.45) is 0.291. The van der Waals surface area contributed by atoms with Crippen molar-refractivity contribution in [2.75, 3.05) is 0 Å². The molecule has 0 radical (unpaired) electrons. The van der Waals surface area contributed by atoms with Gasteiger partial charge >= 0.3 is 0 Å². The van der Waals surface area contributed by atoms with Crippen LogP contribution in [0.15, 0.2) is 48.5 Å². The van der Waals surface area contributed by atoms with Crippen LogP contribution in [0.4, 0.5) is 8.78 Å². The molecule has 0 bridgehead atoms. The fourth-order valence-electron chi connectivity index (χ4n) is 1.45. The summed E-state index contributed by atoms with van der Waals surface area (Å²) in [5.74, 6) is -0.604. The first-order chi connectivity index (χ1) is 9.69. The first-order valence-corrected chi connectivity index (χ1v) is 5.89. The van der Waals surface area contributed by atoms with Crippen molar-refractivity contribution in [1.82, 2.24) is 0 Å². The summed E-state index contributed by atoms with van der Waals surface area (Å²) in [5.41, 5.74) is 0.926. The third kappa shape index (κ3) is 4.88. The highest BCUT2D eigenvalue weighted by Gasteiger charge is 1.97. The van der Waals surface area contributed by atoms with Gasteiger partial charge in [0.15, 0.2) is 0 Å². The van der Waals surface area contributed by atoms with E-state index in [-0.39, 0.29) is 24.5 Å². The van der Waals surface area contributed by atoms with Crippen LogP contribution >= 0.6 is 0 Å². The molecule has 2 nitrogen and oxygen atoms in total. The molecule has 0 amide bonds. The Morgan fingerprint density at radius 3 is 1.35 bits per heavy atom. The summed E-state index contributed by atoms with van der Waals surface area (Å²) in [6.45, 7) is 0. The van der Waals surface area contributed by atoms with E-state index in [2.05, 4.69) is 0 Å². The lowest BCUT2D eigenvalue weighted by atomic mass is 10.2. The summed E-state index contributed by atoms with van der Waals surface area (Å²) in [4.78, 5) is 0. The maximum Gasteiger partial charge on any atom is 0.127 e. The average Bonchev–Trinajstić information content (AvgIpc) is 2.45. The molecule has 0 aliphatic rings. The van der Waals surface area contributed by atoms with Crippen LogP contribution in [0.25, 0.3) is 0 Å². The third-order valence-corrected chi connectivity index (χ3v) is 2.45. The number of benzene rings is 2. The Labute approximate surface area is 116 Å². The van der Waals surface area contributed by atoms with Gasteiger partial charge in [0.25, 0.3) is 0 Å². The van der Waals surface area contributed by atoms with Crippen molar-refractivity contribution in [3.63, 3.8) is 0 Å². The van der Waals surface area contributed by atoms with Crippen LogP contribution in [-0.2, 0) is 12.8 Å². The molecule has 100 valence electrons. The molecule has 0 fully saturated rings. The second-order valence-electron chi connectivity index (χ2n) is 3.85. The van der Waals surface area contributed by atoms with Crippen molar-refractivity contribution in [2.45, 2.75) is 12.8 Å². The first kappa shape index (κ1) is 15.3. The van der Waals surface area contributed by atoms with Gasteiger partial charge < -0.3 is 0 Å². The zero-order valence-corrected chi connectivity index (χ0v) is 10.7. The molecule has 2 aromatic carbocycles. The molecule has 0 aliphatic heterocycles. The molecule has 0 aliphatic carbocycles. The summed E-state index contributed by atoms with van der Waals surface area (Å²) in [5, 5.41) is 16.5. The number of nitriles is 2. The SMILES string of the molecule is N#CCc1ccccc1F.N#CCc1ccccc1F. The van der Waals surface area contributed by atoms with Gasteiger partial charge in [-0.3, -0.25) is 0 Å². The molecule has 0 atom stereocenters. The van der Waals surface area contributed by atoms with Crippen molar-refractivity contribution in [3.05, 3.63) is 71.3 Å². The van der Waals surface area contributed by atoms with Crippen LogP contribution in [0, 0.1) is 34.3 Å². The van der Waals surface area contributed by atoms with Gasteiger partial charge in [-0.05, 0) is 12.1 Å². The Hall–Kier alpha value is -2.72. The highest BCUT2D eigenvalue weighted by molar-refractivity contribution is 5.20. The Morgan fingerprint density at radius 1 is 0.700 bits per heavy atom. The Balaban J connectivity index is 0.000000200. The van der Waals surface area contributed by atoms with E-state index in [0.717, 1.165) is 0 Å². The zero-order chi connectivity index (χ0) is 14.8. The molecule has 0 spiro atoms. The van der Waals surface area contributed by atoms with E-state index in [4.69, 9.17) is 10.5 Å². The minimum Gasteiger partial charge on any atom is -0.207 e. The first-order valence-electron chi connectivity index (χ1n) is 5.89. The van der Waals surface area contributed by atoms with Crippen LogP contribution in [0.1, 0.15) is 11.1 Å². The fourth-order valence-corrected chi connectivity index (χ4v) is 1.45. The number of hydrogen-bond acceptors (Lipinski definition) is 2. The van der Waals surface area contributed by atoms with Gasteiger partial charge in [-0.2, -0.15) is 10.5 Å². The third-order valence-electron chi connectivity index (χ3n) is 2.45. The lowest BCUT2D eigenvalue weighted by molar-refractivity contribution is 0.615. The molecule has 0 aromatic heterocycles. The van der Waals surface area contributed by atoms with Gasteiger partial charge in [0.05, 0.1) is 25.0 Å². The molecule has 4 heteroatoms. The van der Waals surface area contributed by atoms with Gasteiger partial charge in [-0.25, -0.2) is 8.78 Å².